The minimum Gasteiger partial charge on any atom is -0.368 e. The number of rotatable bonds is 5. The Balaban J connectivity index is 1.55. The third-order valence-electron chi connectivity index (χ3n) is 4.33. The topological polar surface area (TPSA) is 48.5 Å². The third-order valence-corrected chi connectivity index (χ3v) is 4.33. The molecule has 132 valence electrons. The summed E-state index contributed by atoms with van der Waals surface area (Å²) in [7, 11) is 0. The molecule has 2 heterocycles. The van der Waals surface area contributed by atoms with Crippen molar-refractivity contribution in [1.82, 2.24) is 4.98 Å². The summed E-state index contributed by atoms with van der Waals surface area (Å²) in [4.78, 5) is 20.5. The third kappa shape index (κ3) is 4.47. The van der Waals surface area contributed by atoms with Crippen LogP contribution in [-0.4, -0.2) is 37.1 Å². The van der Waals surface area contributed by atoms with Gasteiger partial charge in [-0.15, -0.1) is 0 Å². The lowest BCUT2D eigenvalue weighted by Gasteiger charge is -2.37. The molecule has 1 amide bonds. The number of nitrogens with one attached hydrogen (secondary N) is 1. The van der Waals surface area contributed by atoms with Crippen LogP contribution < -0.4 is 15.1 Å². The van der Waals surface area contributed by atoms with Gasteiger partial charge in [-0.25, -0.2) is 9.37 Å². The number of pyridine rings is 1. The number of anilines is 3. The first-order valence-electron chi connectivity index (χ1n) is 8.67. The maximum absolute atomic E-state index is 13.0. The Kier molecular flexibility index (Phi) is 5.48. The lowest BCUT2D eigenvalue weighted by Crippen LogP contribution is -2.46. The Morgan fingerprint density at radius 1 is 1.04 bits per heavy atom. The number of carbonyl (C=O) groups excluding carboxylic acids is 1. The molecule has 0 bridgehead atoms. The van der Waals surface area contributed by atoms with E-state index in [1.54, 1.807) is 6.20 Å². The van der Waals surface area contributed by atoms with Crippen LogP contribution in [0.3, 0.4) is 0 Å². The van der Waals surface area contributed by atoms with Crippen molar-refractivity contribution in [3.8, 4) is 0 Å². The van der Waals surface area contributed by atoms with Crippen LogP contribution in [0.2, 0.25) is 0 Å². The van der Waals surface area contributed by atoms with E-state index in [4.69, 9.17) is 0 Å². The van der Waals surface area contributed by atoms with Crippen LogP contribution in [0.5, 0.6) is 0 Å². The number of aromatic nitrogens is 1. The smallest absolute Gasteiger partial charge is 0.225 e. The van der Waals surface area contributed by atoms with E-state index in [-0.39, 0.29) is 11.7 Å². The van der Waals surface area contributed by atoms with Crippen molar-refractivity contribution < 1.29 is 9.18 Å². The Hall–Kier alpha value is -2.63. The Morgan fingerprint density at radius 2 is 1.64 bits per heavy atom. The number of piperazine rings is 1. The quantitative estimate of drug-likeness (QED) is 0.906. The molecule has 0 unspecified atom stereocenters. The SMILES string of the molecule is CCCC(=O)Nc1ccc(N2CCN(c3ccc(F)cc3)CC2)cn1. The van der Waals surface area contributed by atoms with E-state index in [1.165, 1.54) is 12.1 Å². The molecule has 1 aliphatic heterocycles. The second-order valence-corrected chi connectivity index (χ2v) is 6.15. The van der Waals surface area contributed by atoms with Crippen LogP contribution >= 0.6 is 0 Å². The van der Waals surface area contributed by atoms with Crippen LogP contribution in [0.25, 0.3) is 0 Å². The lowest BCUT2D eigenvalue weighted by molar-refractivity contribution is -0.116. The van der Waals surface area contributed by atoms with Gasteiger partial charge in [-0.05, 0) is 42.8 Å². The van der Waals surface area contributed by atoms with E-state index >= 15 is 0 Å². The van der Waals surface area contributed by atoms with Gasteiger partial charge in [0.05, 0.1) is 11.9 Å². The monoisotopic (exact) mass is 342 g/mol. The molecule has 5 nitrogen and oxygen atoms in total. The molecule has 6 heteroatoms. The Labute approximate surface area is 147 Å². The van der Waals surface area contributed by atoms with E-state index in [0.29, 0.717) is 12.2 Å². The zero-order valence-corrected chi connectivity index (χ0v) is 14.4. The highest BCUT2D eigenvalue weighted by Crippen LogP contribution is 2.21. The highest BCUT2D eigenvalue weighted by Gasteiger charge is 2.18. The molecule has 1 saturated heterocycles. The summed E-state index contributed by atoms with van der Waals surface area (Å²) in [5.41, 5.74) is 2.10. The van der Waals surface area contributed by atoms with Gasteiger partial charge in [0.25, 0.3) is 0 Å². The van der Waals surface area contributed by atoms with Crippen LogP contribution in [0.4, 0.5) is 21.6 Å². The van der Waals surface area contributed by atoms with E-state index in [9.17, 15) is 9.18 Å². The first kappa shape index (κ1) is 17.2. The summed E-state index contributed by atoms with van der Waals surface area (Å²) in [5.74, 6) is 0.377. The first-order valence-corrected chi connectivity index (χ1v) is 8.67. The minimum atomic E-state index is -0.209. The van der Waals surface area contributed by atoms with Gasteiger partial charge < -0.3 is 15.1 Å². The summed E-state index contributed by atoms with van der Waals surface area (Å²) < 4.78 is 13.0. The van der Waals surface area contributed by atoms with E-state index < -0.39 is 0 Å². The molecule has 1 fully saturated rings. The predicted octanol–water partition coefficient (Wildman–Crippen LogP) is 3.29. The summed E-state index contributed by atoms with van der Waals surface area (Å²) in [5, 5.41) is 2.80. The van der Waals surface area contributed by atoms with Gasteiger partial charge in [-0.1, -0.05) is 6.92 Å². The molecular formula is C19H23FN4O. The van der Waals surface area contributed by atoms with Crippen molar-refractivity contribution >= 4 is 23.1 Å². The van der Waals surface area contributed by atoms with Crippen molar-refractivity contribution in [2.75, 3.05) is 41.3 Å². The van der Waals surface area contributed by atoms with Crippen molar-refractivity contribution in [3.63, 3.8) is 0 Å². The molecule has 0 atom stereocenters. The largest absolute Gasteiger partial charge is 0.368 e. The number of hydrogen-bond acceptors (Lipinski definition) is 4. The minimum absolute atomic E-state index is 0.00402. The van der Waals surface area contributed by atoms with Gasteiger partial charge in [-0.2, -0.15) is 0 Å². The summed E-state index contributed by atoms with van der Waals surface area (Å²) >= 11 is 0. The number of halogens is 1. The maximum atomic E-state index is 13.0. The van der Waals surface area contributed by atoms with Gasteiger partial charge in [0, 0.05) is 38.3 Å². The zero-order valence-electron chi connectivity index (χ0n) is 14.4. The molecule has 3 rings (SSSR count). The Morgan fingerprint density at radius 3 is 2.20 bits per heavy atom. The molecule has 0 radical (unpaired) electrons. The molecule has 1 aromatic heterocycles. The molecule has 1 aromatic carbocycles. The fraction of sp³-hybridized carbons (Fsp3) is 0.368. The molecule has 2 aromatic rings. The van der Waals surface area contributed by atoms with Gasteiger partial charge in [0.15, 0.2) is 0 Å². The summed E-state index contributed by atoms with van der Waals surface area (Å²) in [6.07, 6.45) is 3.13. The fourth-order valence-electron chi connectivity index (χ4n) is 2.95. The second kappa shape index (κ2) is 7.96. The van der Waals surface area contributed by atoms with Crippen LogP contribution in [0.15, 0.2) is 42.6 Å². The summed E-state index contributed by atoms with van der Waals surface area (Å²) in [6.45, 7) is 5.48. The molecule has 1 aliphatic rings. The van der Waals surface area contributed by atoms with Gasteiger partial charge in [-0.3, -0.25) is 4.79 Å². The molecule has 0 spiro atoms. The zero-order chi connectivity index (χ0) is 17.6. The van der Waals surface area contributed by atoms with Crippen molar-refractivity contribution in [2.24, 2.45) is 0 Å². The summed E-state index contributed by atoms with van der Waals surface area (Å²) in [6, 6.07) is 10.5. The van der Waals surface area contributed by atoms with Crippen LogP contribution in [-0.2, 0) is 4.79 Å². The molecule has 0 aliphatic carbocycles. The van der Waals surface area contributed by atoms with Crippen molar-refractivity contribution in [2.45, 2.75) is 19.8 Å². The molecule has 25 heavy (non-hydrogen) atoms. The predicted molar refractivity (Wildman–Crippen MR) is 98.6 cm³/mol. The van der Waals surface area contributed by atoms with E-state index in [0.717, 1.165) is 44.0 Å². The van der Waals surface area contributed by atoms with E-state index in [2.05, 4.69) is 20.1 Å². The standard InChI is InChI=1S/C19H23FN4O/c1-2-3-19(25)22-18-9-8-17(14-21-18)24-12-10-23(11-13-24)16-6-4-15(20)5-7-16/h4-9,14H,2-3,10-13H2,1H3,(H,21,22,25). The van der Waals surface area contributed by atoms with Crippen LogP contribution in [0, 0.1) is 5.82 Å². The number of carbonyl (C=O) groups is 1. The number of amides is 1. The van der Waals surface area contributed by atoms with Gasteiger partial charge in [0.2, 0.25) is 5.91 Å². The van der Waals surface area contributed by atoms with Crippen molar-refractivity contribution in [3.05, 3.63) is 48.4 Å². The number of hydrogen-bond donors (Lipinski definition) is 1. The highest BCUT2D eigenvalue weighted by molar-refractivity contribution is 5.89. The normalized spacial score (nSPS) is 14.5. The first-order chi connectivity index (χ1) is 12.2. The second-order valence-electron chi connectivity index (χ2n) is 6.15. The van der Waals surface area contributed by atoms with E-state index in [1.807, 2.05) is 31.2 Å². The maximum Gasteiger partial charge on any atom is 0.225 e. The van der Waals surface area contributed by atoms with Crippen LogP contribution in [0.1, 0.15) is 19.8 Å². The van der Waals surface area contributed by atoms with Crippen molar-refractivity contribution in [1.29, 1.82) is 0 Å². The average molecular weight is 342 g/mol. The number of nitrogens with zero attached hydrogens (tertiary/aromatic N) is 3. The molecular weight excluding hydrogens is 319 g/mol. The molecule has 1 N–H and O–H groups in total. The molecule has 0 saturated carbocycles. The number of benzene rings is 1. The highest BCUT2D eigenvalue weighted by atomic mass is 19.1. The van der Waals surface area contributed by atoms with Gasteiger partial charge in [0.1, 0.15) is 11.6 Å². The Bertz CT molecular complexity index is 694. The average Bonchev–Trinajstić information content (AvgIpc) is 2.63. The van der Waals surface area contributed by atoms with Gasteiger partial charge >= 0.3 is 0 Å². The lowest BCUT2D eigenvalue weighted by atomic mass is 10.2. The fourth-order valence-corrected chi connectivity index (χ4v) is 2.95.